The summed E-state index contributed by atoms with van der Waals surface area (Å²) in [5, 5.41) is 11.0. The summed E-state index contributed by atoms with van der Waals surface area (Å²) in [6, 6.07) is 2.69. The zero-order chi connectivity index (χ0) is 9.80. The van der Waals surface area contributed by atoms with Crippen molar-refractivity contribution in [2.45, 2.75) is 25.4 Å². The van der Waals surface area contributed by atoms with Crippen LogP contribution in [0.25, 0.3) is 0 Å². The van der Waals surface area contributed by atoms with Crippen molar-refractivity contribution in [1.29, 1.82) is 0 Å². The summed E-state index contributed by atoms with van der Waals surface area (Å²) < 4.78 is 2.18. The molecular weight excluding hydrogens is 176 g/mol. The van der Waals surface area contributed by atoms with Gasteiger partial charge in [-0.3, -0.25) is 4.68 Å². The maximum atomic E-state index is 4.41. The van der Waals surface area contributed by atoms with Crippen molar-refractivity contribution in [1.82, 2.24) is 20.4 Å². The van der Waals surface area contributed by atoms with E-state index >= 15 is 0 Å². The van der Waals surface area contributed by atoms with Gasteiger partial charge in [0.2, 0.25) is 0 Å². The average Bonchev–Trinajstić information content (AvgIpc) is 2.68. The van der Waals surface area contributed by atoms with Gasteiger partial charge in [0.15, 0.2) is 0 Å². The van der Waals surface area contributed by atoms with Gasteiger partial charge in [0.25, 0.3) is 0 Å². The molecule has 0 aromatic carbocycles. The van der Waals surface area contributed by atoms with Crippen LogP contribution in [0.1, 0.15) is 24.6 Å². The van der Waals surface area contributed by atoms with Gasteiger partial charge in [0.05, 0.1) is 11.7 Å². The lowest BCUT2D eigenvalue weighted by Gasteiger charge is -2.24. The Kier molecular flexibility index (Phi) is 3.16. The van der Waals surface area contributed by atoms with Gasteiger partial charge >= 0.3 is 0 Å². The Balaban J connectivity index is 2.09. The van der Waals surface area contributed by atoms with Crippen LogP contribution in [0.5, 0.6) is 0 Å². The predicted molar refractivity (Wildman–Crippen MR) is 56.1 cm³/mol. The molecular formula is C10H18N4. The van der Waals surface area contributed by atoms with Crippen LogP contribution in [0.3, 0.4) is 0 Å². The molecule has 1 saturated heterocycles. The smallest absolute Gasteiger partial charge is 0.0547 e. The van der Waals surface area contributed by atoms with Crippen LogP contribution in [0.15, 0.2) is 12.3 Å². The fourth-order valence-corrected chi connectivity index (χ4v) is 2.04. The van der Waals surface area contributed by atoms with Gasteiger partial charge in [0, 0.05) is 12.7 Å². The molecule has 1 fully saturated rings. The summed E-state index contributed by atoms with van der Waals surface area (Å²) in [5.41, 5.74) is 1.29. The van der Waals surface area contributed by atoms with E-state index in [1.807, 2.05) is 13.2 Å². The molecule has 2 heterocycles. The maximum Gasteiger partial charge on any atom is 0.0547 e. The number of hydrogen-bond donors (Lipinski definition) is 2. The summed E-state index contributed by atoms with van der Waals surface area (Å²) in [7, 11) is 1.97. The van der Waals surface area contributed by atoms with Crippen LogP contribution in [0, 0.1) is 0 Å². The molecule has 4 nitrogen and oxygen atoms in total. The molecule has 1 aliphatic rings. The number of rotatable bonds is 3. The van der Waals surface area contributed by atoms with Crippen LogP contribution in [0.2, 0.25) is 0 Å². The van der Waals surface area contributed by atoms with Crippen LogP contribution >= 0.6 is 0 Å². The molecule has 1 aromatic heterocycles. The summed E-state index contributed by atoms with van der Waals surface area (Å²) in [4.78, 5) is 0. The van der Waals surface area contributed by atoms with Gasteiger partial charge in [-0.05, 0) is 39.0 Å². The van der Waals surface area contributed by atoms with E-state index in [1.165, 1.54) is 18.5 Å². The summed E-state index contributed by atoms with van der Waals surface area (Å²) in [5.74, 6) is 0. The summed E-state index contributed by atoms with van der Waals surface area (Å²) >= 11 is 0. The second-order valence-corrected chi connectivity index (χ2v) is 3.78. The molecule has 0 unspecified atom stereocenters. The molecule has 0 atom stereocenters. The molecule has 2 rings (SSSR count). The van der Waals surface area contributed by atoms with Gasteiger partial charge in [-0.15, -0.1) is 0 Å². The minimum Gasteiger partial charge on any atom is -0.317 e. The third kappa shape index (κ3) is 1.96. The standard InChI is InChI=1S/C10H18N4/c1-11-8-10-4-7-13-14(10)9-2-5-12-6-3-9/h4,7,9,11-12H,2-3,5-6,8H2,1H3. The SMILES string of the molecule is CNCc1ccnn1C1CCNCC1. The zero-order valence-corrected chi connectivity index (χ0v) is 8.66. The molecule has 2 N–H and O–H groups in total. The maximum absolute atomic E-state index is 4.41. The Morgan fingerprint density at radius 1 is 1.57 bits per heavy atom. The molecule has 0 spiro atoms. The first-order valence-corrected chi connectivity index (χ1v) is 5.29. The molecule has 78 valence electrons. The fourth-order valence-electron chi connectivity index (χ4n) is 2.04. The van der Waals surface area contributed by atoms with Crippen molar-refractivity contribution in [2.24, 2.45) is 0 Å². The molecule has 0 radical (unpaired) electrons. The second-order valence-electron chi connectivity index (χ2n) is 3.78. The lowest BCUT2D eigenvalue weighted by Crippen LogP contribution is -2.31. The van der Waals surface area contributed by atoms with Crippen LogP contribution in [0.4, 0.5) is 0 Å². The second kappa shape index (κ2) is 4.57. The van der Waals surface area contributed by atoms with E-state index < -0.39 is 0 Å². The quantitative estimate of drug-likeness (QED) is 0.737. The van der Waals surface area contributed by atoms with E-state index in [1.54, 1.807) is 0 Å². The van der Waals surface area contributed by atoms with E-state index in [0.717, 1.165) is 19.6 Å². The topological polar surface area (TPSA) is 41.9 Å². The minimum atomic E-state index is 0.592. The summed E-state index contributed by atoms with van der Waals surface area (Å²) in [6.45, 7) is 3.14. The summed E-state index contributed by atoms with van der Waals surface area (Å²) in [6.07, 6.45) is 4.28. The molecule has 0 aliphatic carbocycles. The number of aromatic nitrogens is 2. The van der Waals surface area contributed by atoms with Crippen molar-refractivity contribution < 1.29 is 0 Å². The first kappa shape index (κ1) is 9.68. The van der Waals surface area contributed by atoms with E-state index in [2.05, 4.69) is 26.5 Å². The third-order valence-electron chi connectivity index (χ3n) is 2.76. The Morgan fingerprint density at radius 3 is 3.07 bits per heavy atom. The van der Waals surface area contributed by atoms with Crippen LogP contribution in [-0.2, 0) is 6.54 Å². The van der Waals surface area contributed by atoms with E-state index in [-0.39, 0.29) is 0 Å². The normalized spacial score (nSPS) is 18.6. The highest BCUT2D eigenvalue weighted by atomic mass is 15.3. The van der Waals surface area contributed by atoms with Crippen molar-refractivity contribution >= 4 is 0 Å². The van der Waals surface area contributed by atoms with Gasteiger partial charge in [-0.25, -0.2) is 0 Å². The number of piperidine rings is 1. The Hall–Kier alpha value is -0.870. The highest BCUT2D eigenvalue weighted by molar-refractivity contribution is 5.02. The van der Waals surface area contributed by atoms with Crippen molar-refractivity contribution in [3.8, 4) is 0 Å². The highest BCUT2D eigenvalue weighted by Crippen LogP contribution is 2.19. The van der Waals surface area contributed by atoms with Crippen LogP contribution in [-0.4, -0.2) is 29.9 Å². The molecule has 0 amide bonds. The van der Waals surface area contributed by atoms with Gasteiger partial charge in [-0.2, -0.15) is 5.10 Å². The zero-order valence-electron chi connectivity index (χ0n) is 8.66. The van der Waals surface area contributed by atoms with Gasteiger partial charge in [0.1, 0.15) is 0 Å². The Labute approximate surface area is 84.7 Å². The minimum absolute atomic E-state index is 0.592. The Bertz CT molecular complexity index is 275. The largest absolute Gasteiger partial charge is 0.317 e. The van der Waals surface area contributed by atoms with Gasteiger partial charge in [-0.1, -0.05) is 0 Å². The lowest BCUT2D eigenvalue weighted by molar-refractivity contribution is 0.334. The first-order valence-electron chi connectivity index (χ1n) is 5.29. The van der Waals surface area contributed by atoms with E-state index in [4.69, 9.17) is 0 Å². The fraction of sp³-hybridized carbons (Fsp3) is 0.700. The molecule has 0 saturated carbocycles. The number of nitrogens with one attached hydrogen (secondary N) is 2. The molecule has 14 heavy (non-hydrogen) atoms. The number of hydrogen-bond acceptors (Lipinski definition) is 3. The van der Waals surface area contributed by atoms with Crippen molar-refractivity contribution in [3.05, 3.63) is 18.0 Å². The monoisotopic (exact) mass is 194 g/mol. The molecule has 1 aromatic rings. The van der Waals surface area contributed by atoms with Crippen molar-refractivity contribution in [2.75, 3.05) is 20.1 Å². The predicted octanol–water partition coefficient (Wildman–Crippen LogP) is 0.527. The van der Waals surface area contributed by atoms with Gasteiger partial charge < -0.3 is 10.6 Å². The molecule has 0 bridgehead atoms. The van der Waals surface area contributed by atoms with Crippen LogP contribution < -0.4 is 10.6 Å². The number of nitrogens with zero attached hydrogens (tertiary/aromatic N) is 2. The third-order valence-corrected chi connectivity index (χ3v) is 2.76. The first-order chi connectivity index (χ1) is 6.92. The average molecular weight is 194 g/mol. The Morgan fingerprint density at radius 2 is 2.36 bits per heavy atom. The van der Waals surface area contributed by atoms with Crippen molar-refractivity contribution in [3.63, 3.8) is 0 Å². The molecule has 4 heteroatoms. The van der Waals surface area contributed by atoms with E-state index in [9.17, 15) is 0 Å². The van der Waals surface area contributed by atoms with E-state index in [0.29, 0.717) is 6.04 Å². The molecule has 1 aliphatic heterocycles. The lowest BCUT2D eigenvalue weighted by atomic mass is 10.1. The highest BCUT2D eigenvalue weighted by Gasteiger charge is 2.17.